The summed E-state index contributed by atoms with van der Waals surface area (Å²) < 4.78 is 10.5. The number of methoxy groups -OCH3 is 1. The van der Waals surface area contributed by atoms with Gasteiger partial charge in [0.1, 0.15) is 5.60 Å². The lowest BCUT2D eigenvalue weighted by Gasteiger charge is -2.35. The molecule has 1 heterocycles. The first-order chi connectivity index (χ1) is 12.4. The predicted molar refractivity (Wildman–Crippen MR) is 120 cm³/mol. The van der Waals surface area contributed by atoms with E-state index in [1.165, 1.54) is 0 Å². The molecule has 1 saturated heterocycles. The van der Waals surface area contributed by atoms with Crippen LogP contribution in [0, 0.1) is 0 Å². The Kier molecular flexibility index (Phi) is 13.8. The summed E-state index contributed by atoms with van der Waals surface area (Å²) in [5, 5.41) is 6.61. The monoisotopic (exact) mass is 499 g/mol. The SMILES string of the molecule is CCNC(=NCCCOC)NCCN1CCN(C(=O)OC(C)(C)C)CC1.I. The summed E-state index contributed by atoms with van der Waals surface area (Å²) in [7, 11) is 1.70. The number of ether oxygens (including phenoxy) is 2. The predicted octanol–water partition coefficient (Wildman–Crippen LogP) is 1.75. The van der Waals surface area contributed by atoms with E-state index in [0.29, 0.717) is 13.1 Å². The smallest absolute Gasteiger partial charge is 0.410 e. The topological polar surface area (TPSA) is 78.4 Å². The number of carbonyl (C=O) groups is 1. The molecule has 0 unspecified atom stereocenters. The van der Waals surface area contributed by atoms with Crippen LogP contribution in [0.1, 0.15) is 34.1 Å². The van der Waals surface area contributed by atoms with Gasteiger partial charge in [-0.05, 0) is 34.1 Å². The fourth-order valence-electron chi connectivity index (χ4n) is 2.55. The van der Waals surface area contributed by atoms with Gasteiger partial charge in [0.15, 0.2) is 5.96 Å². The van der Waals surface area contributed by atoms with E-state index in [1.54, 1.807) is 12.0 Å². The number of aliphatic imine (C=N–C) groups is 1. The zero-order valence-electron chi connectivity index (χ0n) is 17.5. The summed E-state index contributed by atoms with van der Waals surface area (Å²) in [4.78, 5) is 20.7. The third-order valence-corrected chi connectivity index (χ3v) is 3.87. The van der Waals surface area contributed by atoms with E-state index in [4.69, 9.17) is 9.47 Å². The summed E-state index contributed by atoms with van der Waals surface area (Å²) in [5.41, 5.74) is -0.441. The standard InChI is InChI=1S/C18H37N5O3.HI/c1-6-19-16(20-8-7-15-25-5)21-9-10-22-11-13-23(14-12-22)17(24)26-18(2,3)4;/h6-15H2,1-5H3,(H2,19,20,21);1H. The average molecular weight is 499 g/mol. The second kappa shape index (κ2) is 14.2. The molecule has 0 aromatic carbocycles. The van der Waals surface area contributed by atoms with Gasteiger partial charge in [-0.1, -0.05) is 0 Å². The number of carbonyl (C=O) groups excluding carboxylic acids is 1. The molecule has 0 bridgehead atoms. The molecule has 1 rings (SSSR count). The van der Waals surface area contributed by atoms with E-state index in [9.17, 15) is 4.79 Å². The van der Waals surface area contributed by atoms with Crippen molar-refractivity contribution in [3.8, 4) is 0 Å². The number of piperazine rings is 1. The van der Waals surface area contributed by atoms with E-state index in [0.717, 1.165) is 58.3 Å². The van der Waals surface area contributed by atoms with Crippen molar-refractivity contribution in [2.24, 2.45) is 4.99 Å². The summed E-state index contributed by atoms with van der Waals surface area (Å²) >= 11 is 0. The number of nitrogens with one attached hydrogen (secondary N) is 2. The maximum atomic E-state index is 12.1. The van der Waals surface area contributed by atoms with Gasteiger partial charge in [-0.15, -0.1) is 24.0 Å². The zero-order chi connectivity index (χ0) is 19.4. The molecule has 1 aliphatic heterocycles. The molecule has 1 fully saturated rings. The number of halogens is 1. The van der Waals surface area contributed by atoms with Crippen LogP contribution in [-0.4, -0.2) is 93.5 Å². The first-order valence-electron chi connectivity index (χ1n) is 9.57. The summed E-state index contributed by atoms with van der Waals surface area (Å²) in [5.74, 6) is 0.844. The van der Waals surface area contributed by atoms with Crippen LogP contribution < -0.4 is 10.6 Å². The summed E-state index contributed by atoms with van der Waals surface area (Å²) in [6, 6.07) is 0. The van der Waals surface area contributed by atoms with Crippen LogP contribution in [0.15, 0.2) is 4.99 Å². The number of rotatable bonds is 8. The van der Waals surface area contributed by atoms with E-state index in [2.05, 4.69) is 27.4 Å². The van der Waals surface area contributed by atoms with Gasteiger partial charge in [-0.25, -0.2) is 4.79 Å². The van der Waals surface area contributed by atoms with Crippen molar-refractivity contribution in [1.29, 1.82) is 0 Å². The van der Waals surface area contributed by atoms with Gasteiger partial charge in [0.2, 0.25) is 0 Å². The molecule has 0 saturated carbocycles. The Balaban J connectivity index is 0.00000676. The maximum absolute atomic E-state index is 12.1. The minimum absolute atomic E-state index is 0. The van der Waals surface area contributed by atoms with Crippen LogP contribution in [0.3, 0.4) is 0 Å². The molecule has 1 aliphatic rings. The largest absolute Gasteiger partial charge is 0.444 e. The molecule has 8 nitrogen and oxygen atoms in total. The molecular weight excluding hydrogens is 461 g/mol. The van der Waals surface area contributed by atoms with Crippen molar-refractivity contribution in [3.05, 3.63) is 0 Å². The fourth-order valence-corrected chi connectivity index (χ4v) is 2.55. The Morgan fingerprint density at radius 1 is 1.15 bits per heavy atom. The van der Waals surface area contributed by atoms with Crippen LogP contribution in [0.25, 0.3) is 0 Å². The molecule has 9 heteroatoms. The normalized spacial score (nSPS) is 15.9. The van der Waals surface area contributed by atoms with E-state index < -0.39 is 5.60 Å². The quantitative estimate of drug-likeness (QED) is 0.229. The minimum atomic E-state index is -0.441. The van der Waals surface area contributed by atoms with Crippen LogP contribution in [0.4, 0.5) is 4.79 Å². The van der Waals surface area contributed by atoms with Crippen molar-refractivity contribution < 1.29 is 14.3 Å². The highest BCUT2D eigenvalue weighted by Crippen LogP contribution is 2.11. The number of amides is 1. The highest BCUT2D eigenvalue weighted by Gasteiger charge is 2.25. The lowest BCUT2D eigenvalue weighted by Crippen LogP contribution is -2.51. The molecule has 1 amide bonds. The van der Waals surface area contributed by atoms with E-state index in [-0.39, 0.29) is 30.1 Å². The Morgan fingerprint density at radius 2 is 1.81 bits per heavy atom. The van der Waals surface area contributed by atoms with Crippen molar-refractivity contribution in [2.45, 2.75) is 39.7 Å². The first kappa shape index (κ1) is 26.2. The van der Waals surface area contributed by atoms with E-state index in [1.807, 2.05) is 20.8 Å². The average Bonchev–Trinajstić information content (AvgIpc) is 2.57. The number of nitrogens with zero attached hydrogens (tertiary/aromatic N) is 3. The van der Waals surface area contributed by atoms with Crippen LogP contribution in [0.5, 0.6) is 0 Å². The van der Waals surface area contributed by atoms with Crippen LogP contribution in [-0.2, 0) is 9.47 Å². The van der Waals surface area contributed by atoms with Crippen molar-refractivity contribution in [2.75, 3.05) is 66.1 Å². The number of hydrogen-bond donors (Lipinski definition) is 2. The molecule has 0 aliphatic carbocycles. The lowest BCUT2D eigenvalue weighted by atomic mass is 10.2. The van der Waals surface area contributed by atoms with Gasteiger partial charge >= 0.3 is 6.09 Å². The van der Waals surface area contributed by atoms with Crippen molar-refractivity contribution >= 4 is 36.0 Å². The molecule has 2 N–H and O–H groups in total. The van der Waals surface area contributed by atoms with Crippen molar-refractivity contribution in [1.82, 2.24) is 20.4 Å². The molecule has 0 aromatic rings. The molecule has 27 heavy (non-hydrogen) atoms. The van der Waals surface area contributed by atoms with E-state index >= 15 is 0 Å². The van der Waals surface area contributed by atoms with Crippen LogP contribution >= 0.6 is 24.0 Å². The highest BCUT2D eigenvalue weighted by molar-refractivity contribution is 14.0. The molecule has 0 spiro atoms. The Bertz CT molecular complexity index is 435. The van der Waals surface area contributed by atoms with Crippen LogP contribution in [0.2, 0.25) is 0 Å². The van der Waals surface area contributed by atoms with Gasteiger partial charge in [0, 0.05) is 66.1 Å². The summed E-state index contributed by atoms with van der Waals surface area (Å²) in [6.07, 6.45) is 0.701. The summed E-state index contributed by atoms with van der Waals surface area (Å²) in [6.45, 7) is 14.9. The maximum Gasteiger partial charge on any atom is 0.410 e. The second-order valence-electron chi connectivity index (χ2n) is 7.34. The zero-order valence-corrected chi connectivity index (χ0v) is 19.9. The Labute approximate surface area is 181 Å². The highest BCUT2D eigenvalue weighted by atomic mass is 127. The first-order valence-corrected chi connectivity index (χ1v) is 9.57. The van der Waals surface area contributed by atoms with Gasteiger partial charge in [-0.2, -0.15) is 0 Å². The Morgan fingerprint density at radius 3 is 2.37 bits per heavy atom. The molecule has 160 valence electrons. The van der Waals surface area contributed by atoms with Gasteiger partial charge in [-0.3, -0.25) is 9.89 Å². The Hall–Kier alpha value is -0.810. The number of hydrogen-bond acceptors (Lipinski definition) is 5. The third kappa shape index (κ3) is 12.3. The molecular formula is C18H38IN5O3. The molecule has 0 aromatic heterocycles. The van der Waals surface area contributed by atoms with Gasteiger partial charge in [0.05, 0.1) is 0 Å². The molecule has 0 radical (unpaired) electrons. The second-order valence-corrected chi connectivity index (χ2v) is 7.34. The minimum Gasteiger partial charge on any atom is -0.444 e. The van der Waals surface area contributed by atoms with Crippen molar-refractivity contribution in [3.63, 3.8) is 0 Å². The lowest BCUT2D eigenvalue weighted by molar-refractivity contribution is 0.0147. The third-order valence-electron chi connectivity index (χ3n) is 3.87. The fraction of sp³-hybridized carbons (Fsp3) is 0.889. The van der Waals surface area contributed by atoms with Gasteiger partial charge < -0.3 is 25.0 Å². The molecule has 0 atom stereocenters. The van der Waals surface area contributed by atoms with Gasteiger partial charge in [0.25, 0.3) is 0 Å². The number of guanidine groups is 1.